The minimum atomic E-state index is 0.448. The van der Waals surface area contributed by atoms with Gasteiger partial charge in [0.1, 0.15) is 0 Å². The van der Waals surface area contributed by atoms with Gasteiger partial charge in [-0.25, -0.2) is 0 Å². The summed E-state index contributed by atoms with van der Waals surface area (Å²) in [6, 6.07) is 12.6. The van der Waals surface area contributed by atoms with E-state index < -0.39 is 0 Å². The Balaban J connectivity index is 2.03. The molecule has 0 aliphatic carbocycles. The fraction of sp³-hybridized carbons (Fsp3) is 0. The predicted molar refractivity (Wildman–Crippen MR) is 89.5 cm³/mol. The first-order chi connectivity index (χ1) is 9.56. The molecule has 0 heterocycles. The van der Waals surface area contributed by atoms with Gasteiger partial charge in [0.2, 0.25) is 0 Å². The fourth-order valence-corrected chi connectivity index (χ4v) is 1.93. The van der Waals surface area contributed by atoms with Crippen LogP contribution in [-0.4, -0.2) is 5.11 Å². The molecule has 0 aromatic heterocycles. The van der Waals surface area contributed by atoms with Gasteiger partial charge in [-0.2, -0.15) is 0 Å². The van der Waals surface area contributed by atoms with Crippen molar-refractivity contribution in [2.75, 3.05) is 22.1 Å². The van der Waals surface area contributed by atoms with E-state index in [0.29, 0.717) is 16.5 Å². The molecule has 0 saturated heterocycles. The van der Waals surface area contributed by atoms with Crippen molar-refractivity contribution in [2.45, 2.75) is 0 Å². The average Bonchev–Trinajstić information content (AvgIpc) is 2.38. The lowest BCUT2D eigenvalue weighted by molar-refractivity contribution is 1.58. The van der Waals surface area contributed by atoms with Gasteiger partial charge in [-0.3, -0.25) is 0 Å². The third kappa shape index (κ3) is 3.64. The van der Waals surface area contributed by atoms with E-state index in [0.717, 1.165) is 16.9 Å². The maximum Gasteiger partial charge on any atom is 0.175 e. The highest BCUT2D eigenvalue weighted by Crippen LogP contribution is 2.18. The summed E-state index contributed by atoms with van der Waals surface area (Å²) in [4.78, 5) is 0. The third-order valence-electron chi connectivity index (χ3n) is 2.54. The molecule has 6 N–H and O–H groups in total. The molecule has 0 fully saturated rings. The molecule has 2 aromatic rings. The van der Waals surface area contributed by atoms with E-state index in [1.807, 2.05) is 24.3 Å². The summed E-state index contributed by atoms with van der Waals surface area (Å²) in [6.07, 6.45) is 5.30. The Morgan fingerprint density at radius 3 is 2.05 bits per heavy atom. The summed E-state index contributed by atoms with van der Waals surface area (Å²) in [5, 5.41) is 6.52. The Morgan fingerprint density at radius 1 is 0.950 bits per heavy atom. The minimum Gasteiger partial charge on any atom is -0.399 e. The number of nitrogens with one attached hydrogen (secondary N) is 2. The number of anilines is 4. The molecule has 100 valence electrons. The van der Waals surface area contributed by atoms with Gasteiger partial charge < -0.3 is 22.1 Å². The lowest BCUT2D eigenvalue weighted by Gasteiger charge is -2.11. The van der Waals surface area contributed by atoms with Crippen LogP contribution >= 0.6 is 12.2 Å². The first-order valence-electron chi connectivity index (χ1n) is 5.87. The molecule has 0 saturated carbocycles. The Bertz CT molecular complexity index is 651. The third-order valence-corrected chi connectivity index (χ3v) is 2.75. The van der Waals surface area contributed by atoms with Crippen molar-refractivity contribution in [1.82, 2.24) is 0 Å². The highest BCUT2D eigenvalue weighted by molar-refractivity contribution is 7.80. The van der Waals surface area contributed by atoms with Crippen LogP contribution in [0.3, 0.4) is 0 Å². The van der Waals surface area contributed by atoms with Crippen LogP contribution in [0.15, 0.2) is 42.5 Å². The second-order valence-corrected chi connectivity index (χ2v) is 4.60. The topological polar surface area (TPSA) is 76.1 Å². The number of terminal acetylenes is 1. The van der Waals surface area contributed by atoms with Gasteiger partial charge in [-0.05, 0) is 54.7 Å². The molecule has 0 spiro atoms. The smallest absolute Gasteiger partial charge is 0.175 e. The van der Waals surface area contributed by atoms with Crippen LogP contribution in [0.2, 0.25) is 0 Å². The van der Waals surface area contributed by atoms with E-state index in [1.165, 1.54) is 0 Å². The summed E-state index contributed by atoms with van der Waals surface area (Å²) < 4.78 is 0. The van der Waals surface area contributed by atoms with E-state index in [9.17, 15) is 0 Å². The Kier molecular flexibility index (Phi) is 4.08. The number of benzene rings is 2. The van der Waals surface area contributed by atoms with Crippen LogP contribution in [0.5, 0.6) is 0 Å². The van der Waals surface area contributed by atoms with Crippen LogP contribution < -0.4 is 22.1 Å². The second kappa shape index (κ2) is 5.95. The Morgan fingerprint density at radius 2 is 1.50 bits per heavy atom. The summed E-state index contributed by atoms with van der Waals surface area (Å²) >= 11 is 5.22. The highest BCUT2D eigenvalue weighted by Gasteiger charge is 2.01. The molecule has 2 rings (SSSR count). The van der Waals surface area contributed by atoms with E-state index in [2.05, 4.69) is 16.6 Å². The number of thiocarbonyl (C=S) groups is 1. The van der Waals surface area contributed by atoms with Crippen LogP contribution in [0.4, 0.5) is 22.7 Å². The number of rotatable bonds is 2. The van der Waals surface area contributed by atoms with E-state index in [4.69, 9.17) is 30.1 Å². The van der Waals surface area contributed by atoms with Gasteiger partial charge in [-0.1, -0.05) is 5.92 Å². The first-order valence-corrected chi connectivity index (χ1v) is 6.28. The molecule has 0 aliphatic heterocycles. The zero-order valence-corrected chi connectivity index (χ0v) is 11.5. The van der Waals surface area contributed by atoms with Gasteiger partial charge in [0.25, 0.3) is 0 Å². The Hall–Kier alpha value is -2.71. The van der Waals surface area contributed by atoms with E-state index in [1.54, 1.807) is 18.2 Å². The van der Waals surface area contributed by atoms with Crippen molar-refractivity contribution in [3.63, 3.8) is 0 Å². The van der Waals surface area contributed by atoms with Crippen molar-refractivity contribution >= 4 is 40.1 Å². The quantitative estimate of drug-likeness (QED) is 0.387. The summed E-state index contributed by atoms with van der Waals surface area (Å²) in [5.74, 6) is 2.56. The number of nitrogen functional groups attached to an aromatic ring is 2. The maximum absolute atomic E-state index is 5.72. The number of hydrogen-bond donors (Lipinski definition) is 4. The summed E-state index contributed by atoms with van der Waals surface area (Å²) in [7, 11) is 0. The molecule has 20 heavy (non-hydrogen) atoms. The summed E-state index contributed by atoms with van der Waals surface area (Å²) in [6.45, 7) is 0. The zero-order chi connectivity index (χ0) is 14.5. The molecule has 0 atom stereocenters. The van der Waals surface area contributed by atoms with Crippen LogP contribution in [0.25, 0.3) is 0 Å². The lowest BCUT2D eigenvalue weighted by Crippen LogP contribution is -2.19. The average molecular weight is 282 g/mol. The molecule has 2 aromatic carbocycles. The standard InChI is InChI=1S/C15H14N4S/c1-2-10-3-5-13(6-4-10)18-15(20)19-14-8-11(16)7-12(17)9-14/h1,3-9H,16-17H2,(H2,18,19,20). The van der Waals surface area contributed by atoms with Crippen LogP contribution in [0.1, 0.15) is 5.56 Å². The normalized spacial score (nSPS) is 9.55. The number of hydrogen-bond acceptors (Lipinski definition) is 3. The van der Waals surface area contributed by atoms with Gasteiger partial charge in [0.05, 0.1) is 0 Å². The van der Waals surface area contributed by atoms with Crippen molar-refractivity contribution in [1.29, 1.82) is 0 Å². The van der Waals surface area contributed by atoms with E-state index >= 15 is 0 Å². The largest absolute Gasteiger partial charge is 0.399 e. The monoisotopic (exact) mass is 282 g/mol. The molecule has 0 bridgehead atoms. The van der Waals surface area contributed by atoms with Crippen molar-refractivity contribution in [3.05, 3.63) is 48.0 Å². The highest BCUT2D eigenvalue weighted by atomic mass is 32.1. The van der Waals surface area contributed by atoms with Gasteiger partial charge in [0.15, 0.2) is 5.11 Å². The minimum absolute atomic E-state index is 0.448. The first kappa shape index (κ1) is 13.7. The molecule has 0 amide bonds. The number of nitrogens with two attached hydrogens (primary N) is 2. The molecule has 5 heteroatoms. The van der Waals surface area contributed by atoms with Gasteiger partial charge in [0, 0.05) is 28.3 Å². The van der Waals surface area contributed by atoms with Crippen LogP contribution in [0, 0.1) is 12.3 Å². The molecule has 0 unspecified atom stereocenters. The molecular formula is C15H14N4S. The molecular weight excluding hydrogens is 268 g/mol. The SMILES string of the molecule is C#Cc1ccc(NC(=S)Nc2cc(N)cc(N)c2)cc1. The van der Waals surface area contributed by atoms with Gasteiger partial charge >= 0.3 is 0 Å². The van der Waals surface area contributed by atoms with Crippen molar-refractivity contribution in [3.8, 4) is 12.3 Å². The zero-order valence-electron chi connectivity index (χ0n) is 10.7. The maximum atomic E-state index is 5.72. The second-order valence-electron chi connectivity index (χ2n) is 4.19. The molecule has 0 radical (unpaired) electrons. The van der Waals surface area contributed by atoms with Crippen LogP contribution in [-0.2, 0) is 0 Å². The van der Waals surface area contributed by atoms with Crippen molar-refractivity contribution < 1.29 is 0 Å². The molecule has 0 aliphatic rings. The predicted octanol–water partition coefficient (Wildman–Crippen LogP) is 2.64. The Labute approximate surface area is 123 Å². The van der Waals surface area contributed by atoms with E-state index in [-0.39, 0.29) is 0 Å². The fourth-order valence-electron chi connectivity index (χ4n) is 1.69. The lowest BCUT2D eigenvalue weighted by atomic mass is 10.2. The van der Waals surface area contributed by atoms with Crippen molar-refractivity contribution in [2.24, 2.45) is 0 Å². The molecule has 4 nitrogen and oxygen atoms in total. The van der Waals surface area contributed by atoms with Gasteiger partial charge in [-0.15, -0.1) is 6.42 Å². The summed E-state index contributed by atoms with van der Waals surface area (Å²) in [5.41, 5.74) is 15.0.